The predicted molar refractivity (Wildman–Crippen MR) is 68.6 cm³/mol. The van der Waals surface area contributed by atoms with Crippen molar-refractivity contribution >= 4 is 11.9 Å². The van der Waals surface area contributed by atoms with Crippen molar-refractivity contribution in [3.05, 3.63) is 11.3 Å². The van der Waals surface area contributed by atoms with Gasteiger partial charge < -0.3 is 19.8 Å². The number of ether oxygens (including phenoxy) is 1. The molecule has 3 aliphatic rings. The van der Waals surface area contributed by atoms with Crippen LogP contribution in [0, 0.1) is 11.8 Å². The number of nitrogens with zero attached hydrogens (tertiary/aromatic N) is 1. The highest BCUT2D eigenvalue weighted by molar-refractivity contribution is 6.00. The van der Waals surface area contributed by atoms with Crippen molar-refractivity contribution < 1.29 is 24.5 Å². The van der Waals surface area contributed by atoms with E-state index in [2.05, 4.69) is 0 Å². The largest absolute Gasteiger partial charge is 0.477 e. The van der Waals surface area contributed by atoms with Gasteiger partial charge in [-0.15, -0.1) is 0 Å². The van der Waals surface area contributed by atoms with Crippen LogP contribution in [-0.2, 0) is 14.3 Å². The Morgan fingerprint density at radius 3 is 2.70 bits per heavy atom. The first-order chi connectivity index (χ1) is 9.47. The zero-order chi connectivity index (χ0) is 14.6. The van der Waals surface area contributed by atoms with E-state index >= 15 is 0 Å². The summed E-state index contributed by atoms with van der Waals surface area (Å²) in [6.07, 6.45) is 1.52. The number of carboxylic acids is 1. The van der Waals surface area contributed by atoms with Crippen LogP contribution < -0.4 is 0 Å². The van der Waals surface area contributed by atoms with Crippen molar-refractivity contribution in [2.24, 2.45) is 11.8 Å². The number of fused-ring (bicyclic) bond motifs is 3. The molecule has 1 aliphatic carbocycles. The molecule has 0 aromatic heterocycles. The highest BCUT2D eigenvalue weighted by atomic mass is 16.5. The van der Waals surface area contributed by atoms with Crippen molar-refractivity contribution in [3.63, 3.8) is 0 Å². The van der Waals surface area contributed by atoms with E-state index < -0.39 is 18.0 Å². The van der Waals surface area contributed by atoms with Gasteiger partial charge in [0.1, 0.15) is 5.70 Å². The van der Waals surface area contributed by atoms with Gasteiger partial charge in [-0.25, -0.2) is 4.79 Å². The van der Waals surface area contributed by atoms with Crippen LogP contribution in [0.15, 0.2) is 11.3 Å². The molecule has 1 saturated heterocycles. The Hall–Kier alpha value is -1.40. The molecule has 2 aliphatic heterocycles. The second-order valence-electron chi connectivity index (χ2n) is 5.89. The fraction of sp³-hybridized carbons (Fsp3) is 0.714. The number of hydrogen-bond acceptors (Lipinski definition) is 4. The number of methoxy groups -OCH3 is 1. The molecule has 6 nitrogen and oxygen atoms in total. The van der Waals surface area contributed by atoms with E-state index in [1.54, 1.807) is 14.0 Å². The van der Waals surface area contributed by atoms with E-state index in [4.69, 9.17) is 4.74 Å². The van der Waals surface area contributed by atoms with Crippen LogP contribution in [0.4, 0.5) is 0 Å². The van der Waals surface area contributed by atoms with Crippen molar-refractivity contribution in [1.29, 1.82) is 0 Å². The Morgan fingerprint density at radius 1 is 1.45 bits per heavy atom. The van der Waals surface area contributed by atoms with E-state index in [1.165, 1.54) is 4.90 Å². The molecule has 0 bridgehead atoms. The molecule has 1 saturated carbocycles. The number of carboxylic acid groups (broad SMARTS) is 1. The van der Waals surface area contributed by atoms with Gasteiger partial charge >= 0.3 is 5.97 Å². The molecular weight excluding hydrogens is 262 g/mol. The van der Waals surface area contributed by atoms with Crippen LogP contribution >= 0.6 is 0 Å². The van der Waals surface area contributed by atoms with Gasteiger partial charge in [-0.3, -0.25) is 4.79 Å². The molecule has 0 radical (unpaired) electrons. The number of amides is 1. The first-order valence-electron chi connectivity index (χ1n) is 6.97. The predicted octanol–water partition coefficient (Wildman–Crippen LogP) is 0.362. The molecule has 0 aromatic carbocycles. The Labute approximate surface area is 117 Å². The standard InChI is InChI=1S/C14H19NO5/c1-6(16)10-11-8-4-3-7(20-2)5-9(8)12(14(18)19)15(11)13(10)17/h6-8,10-11,16H,3-5H2,1-2H3,(H,18,19)/t6-,7+,8+,10-,11-/m1/s1. The number of aliphatic hydroxyl groups excluding tert-OH is 1. The van der Waals surface area contributed by atoms with Crippen LogP contribution in [-0.4, -0.2) is 52.3 Å². The van der Waals surface area contributed by atoms with Crippen molar-refractivity contribution in [3.8, 4) is 0 Å². The molecule has 2 N–H and O–H groups in total. The summed E-state index contributed by atoms with van der Waals surface area (Å²) < 4.78 is 5.34. The lowest BCUT2D eigenvalue weighted by Crippen LogP contribution is -2.64. The third-order valence-corrected chi connectivity index (χ3v) is 4.90. The summed E-state index contributed by atoms with van der Waals surface area (Å²) in [4.78, 5) is 25.0. The van der Waals surface area contributed by atoms with Crippen LogP contribution in [0.1, 0.15) is 26.2 Å². The fourth-order valence-corrected chi connectivity index (χ4v) is 4.00. The SMILES string of the molecule is CO[C@H]1CC[C@H]2C(=C(C(=O)O)N3C(=O)[C@H]([C@@H](C)O)[C@@H]23)C1. The van der Waals surface area contributed by atoms with Gasteiger partial charge in [-0.1, -0.05) is 0 Å². The number of β-lactam (4-membered cyclic amide) rings is 1. The summed E-state index contributed by atoms with van der Waals surface area (Å²) in [5.74, 6) is -1.73. The molecule has 110 valence electrons. The smallest absolute Gasteiger partial charge is 0.352 e. The Kier molecular flexibility index (Phi) is 3.10. The quantitative estimate of drug-likeness (QED) is 0.729. The van der Waals surface area contributed by atoms with Crippen molar-refractivity contribution in [1.82, 2.24) is 4.90 Å². The molecule has 0 aromatic rings. The van der Waals surface area contributed by atoms with Gasteiger partial charge in [0, 0.05) is 13.0 Å². The van der Waals surface area contributed by atoms with E-state index in [1.807, 2.05) is 0 Å². The van der Waals surface area contributed by atoms with Gasteiger partial charge in [0.15, 0.2) is 0 Å². The number of hydrogen-bond donors (Lipinski definition) is 2. The highest BCUT2D eigenvalue weighted by Gasteiger charge is 2.61. The number of rotatable bonds is 3. The number of carbonyl (C=O) groups is 2. The van der Waals surface area contributed by atoms with Gasteiger partial charge in [-0.05, 0) is 31.8 Å². The van der Waals surface area contributed by atoms with Crippen LogP contribution in [0.2, 0.25) is 0 Å². The summed E-state index contributed by atoms with van der Waals surface area (Å²) in [7, 11) is 1.62. The molecule has 0 unspecified atom stereocenters. The van der Waals surface area contributed by atoms with Gasteiger partial charge in [0.2, 0.25) is 5.91 Å². The van der Waals surface area contributed by atoms with Gasteiger partial charge in [0.25, 0.3) is 0 Å². The summed E-state index contributed by atoms with van der Waals surface area (Å²) in [6.45, 7) is 1.60. The van der Waals surface area contributed by atoms with Crippen molar-refractivity contribution in [2.75, 3.05) is 7.11 Å². The van der Waals surface area contributed by atoms with E-state index in [0.29, 0.717) is 6.42 Å². The topological polar surface area (TPSA) is 87.1 Å². The van der Waals surface area contributed by atoms with Gasteiger partial charge in [0.05, 0.1) is 24.2 Å². The molecule has 0 spiro atoms. The number of carbonyl (C=O) groups excluding carboxylic acids is 1. The minimum absolute atomic E-state index is 0.0226. The summed E-state index contributed by atoms with van der Waals surface area (Å²) in [5, 5.41) is 19.2. The van der Waals surface area contributed by atoms with E-state index in [0.717, 1.165) is 18.4 Å². The third-order valence-electron chi connectivity index (χ3n) is 4.90. The lowest BCUT2D eigenvalue weighted by molar-refractivity contribution is -0.163. The zero-order valence-corrected chi connectivity index (χ0v) is 11.6. The maximum Gasteiger partial charge on any atom is 0.352 e. The Balaban J connectivity index is 1.97. The summed E-state index contributed by atoms with van der Waals surface area (Å²) in [5.41, 5.74) is 0.945. The first kappa shape index (κ1) is 13.6. The Morgan fingerprint density at radius 2 is 2.15 bits per heavy atom. The van der Waals surface area contributed by atoms with Crippen molar-refractivity contribution in [2.45, 2.75) is 44.4 Å². The monoisotopic (exact) mass is 281 g/mol. The second-order valence-corrected chi connectivity index (χ2v) is 5.89. The lowest BCUT2D eigenvalue weighted by Gasteiger charge is -2.47. The number of aliphatic carboxylic acids is 1. The summed E-state index contributed by atoms with van der Waals surface area (Å²) in [6, 6.07) is -0.179. The molecule has 20 heavy (non-hydrogen) atoms. The zero-order valence-electron chi connectivity index (χ0n) is 11.6. The average molecular weight is 281 g/mol. The Bertz CT molecular complexity index is 498. The maximum atomic E-state index is 12.1. The molecule has 2 fully saturated rings. The maximum absolute atomic E-state index is 12.1. The molecule has 3 rings (SSSR count). The second kappa shape index (κ2) is 4.56. The third kappa shape index (κ3) is 1.64. The minimum Gasteiger partial charge on any atom is -0.477 e. The molecular formula is C14H19NO5. The highest BCUT2D eigenvalue weighted by Crippen LogP contribution is 2.52. The van der Waals surface area contributed by atoms with Crippen LogP contribution in [0.25, 0.3) is 0 Å². The van der Waals surface area contributed by atoms with E-state index in [-0.39, 0.29) is 29.7 Å². The minimum atomic E-state index is -1.05. The molecule has 6 heteroatoms. The molecule has 2 heterocycles. The summed E-state index contributed by atoms with van der Waals surface area (Å²) >= 11 is 0. The molecule has 5 atom stereocenters. The first-order valence-corrected chi connectivity index (χ1v) is 6.97. The van der Waals surface area contributed by atoms with Crippen LogP contribution in [0.3, 0.4) is 0 Å². The lowest BCUT2D eigenvalue weighted by atomic mass is 9.72. The number of aliphatic hydroxyl groups is 1. The molecule has 1 amide bonds. The average Bonchev–Trinajstić information content (AvgIpc) is 2.68. The fourth-order valence-electron chi connectivity index (χ4n) is 4.00. The van der Waals surface area contributed by atoms with Gasteiger partial charge in [-0.2, -0.15) is 0 Å². The normalized spacial score (nSPS) is 37.4. The van der Waals surface area contributed by atoms with Crippen LogP contribution in [0.5, 0.6) is 0 Å². The van der Waals surface area contributed by atoms with E-state index in [9.17, 15) is 19.8 Å².